The minimum Gasteiger partial charge on any atom is -0.271 e. The first-order chi connectivity index (χ1) is 6.27. The molecule has 0 aromatic carbocycles. The number of hydrogen-bond acceptors (Lipinski definition) is 1. The summed E-state index contributed by atoms with van der Waals surface area (Å²) in [5, 5.41) is 5.19. The zero-order valence-electron chi connectivity index (χ0n) is 8.39. The van der Waals surface area contributed by atoms with Crippen LogP contribution in [0.1, 0.15) is 38.8 Å². The normalized spacial score (nSPS) is 10.7. The Labute approximate surface area is 84.9 Å². The van der Waals surface area contributed by atoms with Crippen molar-refractivity contribution in [1.29, 1.82) is 0 Å². The largest absolute Gasteiger partial charge is 0.271 e. The van der Waals surface area contributed by atoms with Gasteiger partial charge in [0.1, 0.15) is 0 Å². The summed E-state index contributed by atoms with van der Waals surface area (Å²) < 4.78 is 1.96. The van der Waals surface area contributed by atoms with E-state index in [4.69, 9.17) is 11.6 Å². The van der Waals surface area contributed by atoms with Gasteiger partial charge in [-0.15, -0.1) is 0 Å². The summed E-state index contributed by atoms with van der Waals surface area (Å²) in [6, 6.07) is 0. The molecule has 1 aromatic heterocycles. The fourth-order valence-electron chi connectivity index (χ4n) is 1.31. The van der Waals surface area contributed by atoms with E-state index in [0.717, 1.165) is 23.7 Å². The standard InChI is InChI=1S/C10H17ClN2/c1-3-5-6-7-13-8-9(11)10(4-2)12-13/h8H,3-7H2,1-2H3. The maximum atomic E-state index is 5.97. The number of nitrogens with zero attached hydrogens (tertiary/aromatic N) is 2. The van der Waals surface area contributed by atoms with Crippen LogP contribution in [0.25, 0.3) is 0 Å². The SMILES string of the molecule is CCCCCn1cc(Cl)c(CC)n1. The lowest BCUT2D eigenvalue weighted by Gasteiger charge is -1.98. The van der Waals surface area contributed by atoms with E-state index >= 15 is 0 Å². The van der Waals surface area contributed by atoms with Crippen LogP contribution in [-0.2, 0) is 13.0 Å². The summed E-state index contributed by atoms with van der Waals surface area (Å²) in [7, 11) is 0. The van der Waals surface area contributed by atoms with Gasteiger partial charge in [-0.3, -0.25) is 4.68 Å². The third kappa shape index (κ3) is 3.03. The Balaban J connectivity index is 2.48. The van der Waals surface area contributed by atoms with Crippen LogP contribution in [-0.4, -0.2) is 9.78 Å². The molecule has 3 heteroatoms. The van der Waals surface area contributed by atoms with Gasteiger partial charge in [0.25, 0.3) is 0 Å². The van der Waals surface area contributed by atoms with Crippen molar-refractivity contribution >= 4 is 11.6 Å². The highest BCUT2D eigenvalue weighted by Gasteiger charge is 2.03. The summed E-state index contributed by atoms with van der Waals surface area (Å²) in [4.78, 5) is 0. The van der Waals surface area contributed by atoms with Crippen molar-refractivity contribution in [2.24, 2.45) is 0 Å². The fourth-order valence-corrected chi connectivity index (χ4v) is 1.60. The van der Waals surface area contributed by atoms with Crippen LogP contribution < -0.4 is 0 Å². The molecule has 0 bridgehead atoms. The van der Waals surface area contributed by atoms with Crippen molar-refractivity contribution in [2.75, 3.05) is 0 Å². The highest BCUT2D eigenvalue weighted by molar-refractivity contribution is 6.31. The van der Waals surface area contributed by atoms with E-state index in [1.54, 1.807) is 0 Å². The molecular weight excluding hydrogens is 184 g/mol. The first kappa shape index (κ1) is 10.6. The quantitative estimate of drug-likeness (QED) is 0.667. The Morgan fingerprint density at radius 2 is 2.15 bits per heavy atom. The Morgan fingerprint density at radius 3 is 2.69 bits per heavy atom. The Kier molecular flexibility index (Phi) is 4.29. The van der Waals surface area contributed by atoms with Crippen LogP contribution >= 0.6 is 11.6 Å². The van der Waals surface area contributed by atoms with E-state index in [-0.39, 0.29) is 0 Å². The van der Waals surface area contributed by atoms with Gasteiger partial charge < -0.3 is 0 Å². The van der Waals surface area contributed by atoms with E-state index in [2.05, 4.69) is 18.9 Å². The molecule has 0 saturated heterocycles. The minimum absolute atomic E-state index is 0.805. The van der Waals surface area contributed by atoms with E-state index < -0.39 is 0 Å². The molecule has 2 nitrogen and oxygen atoms in total. The number of halogens is 1. The van der Waals surface area contributed by atoms with Gasteiger partial charge in [-0.1, -0.05) is 38.3 Å². The molecule has 0 unspecified atom stereocenters. The predicted octanol–water partition coefficient (Wildman–Crippen LogP) is 3.29. The van der Waals surface area contributed by atoms with Crippen molar-refractivity contribution in [3.05, 3.63) is 16.9 Å². The summed E-state index contributed by atoms with van der Waals surface area (Å²) in [5.74, 6) is 0. The van der Waals surface area contributed by atoms with Gasteiger partial charge in [-0.05, 0) is 12.8 Å². The van der Waals surface area contributed by atoms with Crippen molar-refractivity contribution in [2.45, 2.75) is 46.1 Å². The fraction of sp³-hybridized carbons (Fsp3) is 0.700. The molecule has 0 aliphatic rings. The molecule has 0 N–H and O–H groups in total. The molecule has 0 aliphatic carbocycles. The zero-order valence-corrected chi connectivity index (χ0v) is 9.14. The van der Waals surface area contributed by atoms with Gasteiger partial charge in [0.2, 0.25) is 0 Å². The first-order valence-electron chi connectivity index (χ1n) is 4.99. The van der Waals surface area contributed by atoms with Gasteiger partial charge >= 0.3 is 0 Å². The van der Waals surface area contributed by atoms with Gasteiger partial charge in [0, 0.05) is 12.7 Å². The predicted molar refractivity (Wildman–Crippen MR) is 56.1 cm³/mol. The molecule has 1 rings (SSSR count). The van der Waals surface area contributed by atoms with Crippen molar-refractivity contribution in [3.63, 3.8) is 0 Å². The van der Waals surface area contributed by atoms with Crippen LogP contribution in [0.5, 0.6) is 0 Å². The summed E-state index contributed by atoms with van der Waals surface area (Å²) in [6.45, 7) is 5.27. The van der Waals surface area contributed by atoms with E-state index in [1.165, 1.54) is 19.3 Å². The Morgan fingerprint density at radius 1 is 1.38 bits per heavy atom. The number of unbranched alkanes of at least 4 members (excludes halogenated alkanes) is 2. The molecule has 74 valence electrons. The molecule has 0 aliphatic heterocycles. The third-order valence-electron chi connectivity index (χ3n) is 2.11. The number of aryl methyl sites for hydroxylation is 2. The second-order valence-electron chi connectivity index (χ2n) is 3.25. The molecule has 0 spiro atoms. The lowest BCUT2D eigenvalue weighted by molar-refractivity contribution is 0.548. The molecule has 0 fully saturated rings. The number of rotatable bonds is 5. The lowest BCUT2D eigenvalue weighted by atomic mass is 10.2. The van der Waals surface area contributed by atoms with Gasteiger partial charge in [-0.25, -0.2) is 0 Å². The first-order valence-corrected chi connectivity index (χ1v) is 5.37. The van der Waals surface area contributed by atoms with Crippen LogP contribution in [0.2, 0.25) is 5.02 Å². The van der Waals surface area contributed by atoms with Crippen LogP contribution in [0, 0.1) is 0 Å². The molecule has 0 atom stereocenters. The topological polar surface area (TPSA) is 17.8 Å². The molecular formula is C10H17ClN2. The highest BCUT2D eigenvalue weighted by atomic mass is 35.5. The van der Waals surface area contributed by atoms with Crippen molar-refractivity contribution in [3.8, 4) is 0 Å². The molecule has 1 aromatic rings. The summed E-state index contributed by atoms with van der Waals surface area (Å²) in [5.41, 5.74) is 1.01. The van der Waals surface area contributed by atoms with Gasteiger partial charge in [-0.2, -0.15) is 5.10 Å². The molecule has 0 amide bonds. The van der Waals surface area contributed by atoms with Crippen LogP contribution in [0.3, 0.4) is 0 Å². The summed E-state index contributed by atoms with van der Waals surface area (Å²) >= 11 is 5.97. The summed E-state index contributed by atoms with van der Waals surface area (Å²) in [6.07, 6.45) is 6.54. The average Bonchev–Trinajstić information content (AvgIpc) is 2.47. The maximum Gasteiger partial charge on any atom is 0.0817 e. The average molecular weight is 201 g/mol. The highest BCUT2D eigenvalue weighted by Crippen LogP contribution is 2.14. The van der Waals surface area contributed by atoms with Crippen LogP contribution in [0.15, 0.2) is 6.20 Å². The lowest BCUT2D eigenvalue weighted by Crippen LogP contribution is -1.99. The van der Waals surface area contributed by atoms with Gasteiger partial charge in [0.15, 0.2) is 0 Å². The Hall–Kier alpha value is -0.500. The van der Waals surface area contributed by atoms with E-state index in [0.29, 0.717) is 0 Å². The zero-order chi connectivity index (χ0) is 9.68. The third-order valence-corrected chi connectivity index (χ3v) is 2.43. The second-order valence-corrected chi connectivity index (χ2v) is 3.65. The van der Waals surface area contributed by atoms with Gasteiger partial charge in [0.05, 0.1) is 10.7 Å². The van der Waals surface area contributed by atoms with E-state index in [1.807, 2.05) is 10.9 Å². The molecule has 1 heterocycles. The Bertz CT molecular complexity index is 255. The maximum absolute atomic E-state index is 5.97. The molecule has 0 radical (unpaired) electrons. The smallest absolute Gasteiger partial charge is 0.0817 e. The van der Waals surface area contributed by atoms with Crippen LogP contribution in [0.4, 0.5) is 0 Å². The number of hydrogen-bond donors (Lipinski definition) is 0. The second kappa shape index (κ2) is 5.28. The minimum atomic E-state index is 0.805. The molecule has 13 heavy (non-hydrogen) atoms. The molecule has 0 saturated carbocycles. The van der Waals surface area contributed by atoms with Crippen molar-refractivity contribution < 1.29 is 0 Å². The number of aromatic nitrogens is 2. The monoisotopic (exact) mass is 200 g/mol. The van der Waals surface area contributed by atoms with E-state index in [9.17, 15) is 0 Å². The van der Waals surface area contributed by atoms with Crippen molar-refractivity contribution in [1.82, 2.24) is 9.78 Å².